The number of anilines is 1. The first kappa shape index (κ1) is 29.8. The zero-order valence-electron chi connectivity index (χ0n) is 21.8. The van der Waals surface area contributed by atoms with Crippen LogP contribution >= 0.6 is 23.2 Å². The van der Waals surface area contributed by atoms with Crippen LogP contribution < -0.4 is 25.0 Å². The van der Waals surface area contributed by atoms with Crippen molar-refractivity contribution < 1.29 is 33.4 Å². The van der Waals surface area contributed by atoms with Gasteiger partial charge in [0.25, 0.3) is 0 Å². The highest BCUT2D eigenvalue weighted by atomic mass is 35.5. The second-order valence-electron chi connectivity index (χ2n) is 8.37. The summed E-state index contributed by atoms with van der Waals surface area (Å²) in [6.07, 6.45) is 1.16. The van der Waals surface area contributed by atoms with Gasteiger partial charge in [0, 0.05) is 27.4 Å². The molecule has 4 rings (SSSR count). The Bertz CT molecular complexity index is 1640. The molecule has 4 aromatic rings. The summed E-state index contributed by atoms with van der Waals surface area (Å²) in [4.78, 5) is 49.8. The predicted octanol–water partition coefficient (Wildman–Crippen LogP) is 5.53. The molecular weight excluding hydrogens is 585 g/mol. The molecule has 0 unspecified atom stereocenters. The second-order valence-corrected chi connectivity index (χ2v) is 9.25. The molecule has 212 valence electrons. The normalized spacial score (nSPS) is 10.5. The Balaban J connectivity index is 1.49. The van der Waals surface area contributed by atoms with Crippen LogP contribution in [0, 0.1) is 0 Å². The first-order valence-corrected chi connectivity index (χ1v) is 12.9. The highest BCUT2D eigenvalue weighted by Crippen LogP contribution is 2.26. The first-order valence-electron chi connectivity index (χ1n) is 12.1. The predicted molar refractivity (Wildman–Crippen MR) is 157 cm³/mol. The number of hydrogen-bond donors (Lipinski definition) is 2. The van der Waals surface area contributed by atoms with Crippen LogP contribution in [0.2, 0.25) is 10.0 Å². The van der Waals surface area contributed by atoms with Crippen molar-refractivity contribution in [1.29, 1.82) is 0 Å². The van der Waals surface area contributed by atoms with Gasteiger partial charge in [-0.05, 0) is 84.9 Å². The molecule has 0 spiro atoms. The van der Waals surface area contributed by atoms with Gasteiger partial charge in [-0.3, -0.25) is 9.59 Å². The summed E-state index contributed by atoms with van der Waals surface area (Å²) in [5, 5.41) is 7.11. The van der Waals surface area contributed by atoms with Crippen molar-refractivity contribution >= 4 is 58.9 Å². The molecule has 42 heavy (non-hydrogen) atoms. The monoisotopic (exact) mass is 605 g/mol. The molecule has 0 saturated carbocycles. The fraction of sp³-hybridized carbons (Fsp3) is 0.0333. The van der Waals surface area contributed by atoms with Gasteiger partial charge in [-0.25, -0.2) is 15.0 Å². The minimum Gasteiger partial charge on any atom is -0.497 e. The van der Waals surface area contributed by atoms with Crippen molar-refractivity contribution in [2.45, 2.75) is 0 Å². The van der Waals surface area contributed by atoms with E-state index in [1.165, 1.54) is 61.7 Å². The van der Waals surface area contributed by atoms with E-state index in [-0.39, 0.29) is 28.2 Å². The number of halogens is 2. The molecule has 0 bridgehead atoms. The van der Waals surface area contributed by atoms with Crippen LogP contribution in [-0.2, 0) is 9.59 Å². The van der Waals surface area contributed by atoms with E-state index in [1.807, 2.05) is 0 Å². The van der Waals surface area contributed by atoms with Gasteiger partial charge >= 0.3 is 23.8 Å². The lowest BCUT2D eigenvalue weighted by Crippen LogP contribution is -2.32. The highest BCUT2D eigenvalue weighted by Gasteiger charge is 2.16. The molecule has 0 atom stereocenters. The van der Waals surface area contributed by atoms with E-state index in [2.05, 4.69) is 15.8 Å². The topological polar surface area (TPSA) is 132 Å². The molecular formula is C30H21Cl2N3O7. The lowest BCUT2D eigenvalue weighted by atomic mass is 10.2. The summed E-state index contributed by atoms with van der Waals surface area (Å²) in [6.45, 7) is 0. The summed E-state index contributed by atoms with van der Waals surface area (Å²) >= 11 is 11.8. The Morgan fingerprint density at radius 3 is 1.81 bits per heavy atom. The number of hydrazone groups is 1. The molecule has 0 radical (unpaired) electrons. The molecule has 0 aliphatic rings. The SMILES string of the molecule is COc1ccc(NC(=O)C(=O)N/N=C/c2ccc(OC(=O)c3ccc(Cl)cc3)cc2OC(=O)c2ccc(Cl)cc2)cc1. The van der Waals surface area contributed by atoms with Gasteiger partial charge < -0.3 is 19.5 Å². The van der Waals surface area contributed by atoms with Crippen LogP contribution in [0.1, 0.15) is 26.3 Å². The van der Waals surface area contributed by atoms with E-state index < -0.39 is 23.8 Å². The third kappa shape index (κ3) is 8.17. The third-order valence-corrected chi connectivity index (χ3v) is 5.99. The molecule has 0 aromatic heterocycles. The number of rotatable bonds is 8. The molecule has 12 heteroatoms. The maximum Gasteiger partial charge on any atom is 0.343 e. The molecule has 10 nitrogen and oxygen atoms in total. The minimum absolute atomic E-state index is 0.0444. The van der Waals surface area contributed by atoms with Crippen LogP contribution in [0.5, 0.6) is 17.2 Å². The number of hydrogen-bond acceptors (Lipinski definition) is 8. The average molecular weight is 606 g/mol. The molecule has 0 saturated heterocycles. The smallest absolute Gasteiger partial charge is 0.343 e. The Morgan fingerprint density at radius 2 is 1.24 bits per heavy atom. The van der Waals surface area contributed by atoms with E-state index in [1.54, 1.807) is 36.4 Å². The van der Waals surface area contributed by atoms with Crippen molar-refractivity contribution in [3.63, 3.8) is 0 Å². The van der Waals surface area contributed by atoms with Gasteiger partial charge in [-0.1, -0.05) is 23.2 Å². The second kappa shape index (κ2) is 13.9. The molecule has 0 fully saturated rings. The molecule has 0 aliphatic heterocycles. The standard InChI is InChI=1S/C30H21Cl2N3O7/c1-40-24-14-11-23(12-15-24)34-27(36)28(37)35-33-17-20-6-13-25(41-29(38)18-2-7-21(31)8-3-18)16-26(20)42-30(39)19-4-9-22(32)10-5-19/h2-17H,1H3,(H,34,36)(H,35,37)/b33-17+. The van der Waals surface area contributed by atoms with Crippen LogP contribution in [0.15, 0.2) is 96.1 Å². The van der Waals surface area contributed by atoms with E-state index in [4.69, 9.17) is 37.4 Å². The summed E-state index contributed by atoms with van der Waals surface area (Å²) < 4.78 is 16.0. The maximum atomic E-state index is 12.8. The van der Waals surface area contributed by atoms with Gasteiger partial charge in [0.15, 0.2) is 0 Å². The van der Waals surface area contributed by atoms with Crippen LogP contribution in [0.4, 0.5) is 5.69 Å². The molecule has 0 heterocycles. The fourth-order valence-electron chi connectivity index (χ4n) is 3.34. The summed E-state index contributed by atoms with van der Waals surface area (Å²) in [7, 11) is 1.50. The molecule has 0 aliphatic carbocycles. The number of amides is 2. The maximum absolute atomic E-state index is 12.8. The first-order chi connectivity index (χ1) is 20.2. The minimum atomic E-state index is -1.05. The fourth-order valence-corrected chi connectivity index (χ4v) is 3.60. The van der Waals surface area contributed by atoms with Gasteiger partial charge in [0.05, 0.1) is 24.5 Å². The van der Waals surface area contributed by atoms with Gasteiger partial charge in [0.2, 0.25) is 0 Å². The van der Waals surface area contributed by atoms with E-state index >= 15 is 0 Å². The van der Waals surface area contributed by atoms with Crippen LogP contribution in [-0.4, -0.2) is 37.1 Å². The van der Waals surface area contributed by atoms with Crippen molar-refractivity contribution in [2.75, 3.05) is 12.4 Å². The van der Waals surface area contributed by atoms with Crippen molar-refractivity contribution in [3.05, 3.63) is 118 Å². The van der Waals surface area contributed by atoms with Crippen LogP contribution in [0.3, 0.4) is 0 Å². The lowest BCUT2D eigenvalue weighted by molar-refractivity contribution is -0.136. The van der Waals surface area contributed by atoms with E-state index in [0.717, 1.165) is 6.21 Å². The molecule has 2 N–H and O–H groups in total. The molecule has 4 aromatic carbocycles. The average Bonchev–Trinajstić information content (AvgIpc) is 2.99. The number of nitrogens with one attached hydrogen (secondary N) is 2. The summed E-state index contributed by atoms with van der Waals surface area (Å²) in [6, 6.07) is 22.7. The third-order valence-electron chi connectivity index (χ3n) is 5.48. The zero-order valence-corrected chi connectivity index (χ0v) is 23.3. The summed E-state index contributed by atoms with van der Waals surface area (Å²) in [5.74, 6) is -2.80. The number of esters is 2. The Morgan fingerprint density at radius 1 is 0.690 bits per heavy atom. The Labute approximate surface area is 249 Å². The van der Waals surface area contributed by atoms with Crippen LogP contribution in [0.25, 0.3) is 0 Å². The molecule has 2 amide bonds. The Kier molecular flexibility index (Phi) is 9.88. The van der Waals surface area contributed by atoms with Gasteiger partial charge in [-0.15, -0.1) is 0 Å². The quantitative estimate of drug-likeness (QED) is 0.0887. The largest absolute Gasteiger partial charge is 0.497 e. The van der Waals surface area contributed by atoms with E-state index in [0.29, 0.717) is 21.5 Å². The number of ether oxygens (including phenoxy) is 3. The Hall–Kier alpha value is -5.19. The van der Waals surface area contributed by atoms with Gasteiger partial charge in [0.1, 0.15) is 17.2 Å². The lowest BCUT2D eigenvalue weighted by Gasteiger charge is -2.11. The number of carbonyl (C=O) groups is 4. The number of methoxy groups -OCH3 is 1. The number of carbonyl (C=O) groups excluding carboxylic acids is 4. The number of nitrogens with zero attached hydrogens (tertiary/aromatic N) is 1. The van der Waals surface area contributed by atoms with Crippen molar-refractivity contribution in [3.8, 4) is 17.2 Å². The highest BCUT2D eigenvalue weighted by molar-refractivity contribution is 6.39. The number of benzene rings is 4. The summed E-state index contributed by atoms with van der Waals surface area (Å²) in [5.41, 5.74) is 3.16. The van der Waals surface area contributed by atoms with Gasteiger partial charge in [-0.2, -0.15) is 5.10 Å². The zero-order chi connectivity index (χ0) is 30.1. The van der Waals surface area contributed by atoms with E-state index in [9.17, 15) is 19.2 Å². The van der Waals surface area contributed by atoms with Crippen molar-refractivity contribution in [1.82, 2.24) is 5.43 Å². The van der Waals surface area contributed by atoms with Crippen molar-refractivity contribution in [2.24, 2.45) is 5.10 Å².